The molecular weight excluding hydrogens is 406 g/mol. The van der Waals surface area contributed by atoms with Crippen LogP contribution in [0.25, 0.3) is 0 Å². The first kappa shape index (κ1) is 22.5. The minimum atomic E-state index is 0.667. The maximum Gasteiger partial charge on any atom is 0.142 e. The molecule has 0 amide bonds. The lowest BCUT2D eigenvalue weighted by Gasteiger charge is -2.14. The predicted octanol–water partition coefficient (Wildman–Crippen LogP) is 6.93. The van der Waals surface area contributed by atoms with E-state index in [1.54, 1.807) is 0 Å². The maximum absolute atomic E-state index is 6.08. The van der Waals surface area contributed by atoms with Crippen LogP contribution in [0.5, 0.6) is 11.5 Å². The van der Waals surface area contributed by atoms with Crippen molar-refractivity contribution in [2.75, 3.05) is 18.5 Å². The molecule has 0 aromatic heterocycles. The van der Waals surface area contributed by atoms with Crippen LogP contribution in [0, 0.1) is 0 Å². The van der Waals surface area contributed by atoms with Crippen molar-refractivity contribution in [2.45, 2.75) is 25.8 Å². The van der Waals surface area contributed by atoms with E-state index in [1.165, 1.54) is 16.7 Å². The van der Waals surface area contributed by atoms with Gasteiger partial charge in [-0.1, -0.05) is 84.9 Å². The van der Waals surface area contributed by atoms with E-state index in [-0.39, 0.29) is 0 Å². The zero-order valence-electron chi connectivity index (χ0n) is 19.0. The second-order valence-corrected chi connectivity index (χ2v) is 8.02. The molecular formula is C30H31NO2. The zero-order valence-corrected chi connectivity index (χ0v) is 19.0. The molecule has 0 fully saturated rings. The van der Waals surface area contributed by atoms with Gasteiger partial charge in [-0.05, 0) is 53.8 Å². The summed E-state index contributed by atoms with van der Waals surface area (Å²) in [5, 5.41) is 3.52. The monoisotopic (exact) mass is 437 g/mol. The Morgan fingerprint density at radius 3 is 2.00 bits per heavy atom. The van der Waals surface area contributed by atoms with E-state index in [1.807, 2.05) is 36.4 Å². The van der Waals surface area contributed by atoms with E-state index in [0.29, 0.717) is 19.8 Å². The van der Waals surface area contributed by atoms with Crippen LogP contribution in [-0.2, 0) is 19.4 Å². The summed E-state index contributed by atoms with van der Waals surface area (Å²) in [6, 6.07) is 37.3. The van der Waals surface area contributed by atoms with Crippen molar-refractivity contribution >= 4 is 5.69 Å². The second-order valence-electron chi connectivity index (χ2n) is 8.02. The summed E-state index contributed by atoms with van der Waals surface area (Å²) >= 11 is 0. The Labute approximate surface area is 197 Å². The number of hydrogen-bond acceptors (Lipinski definition) is 3. The predicted molar refractivity (Wildman–Crippen MR) is 136 cm³/mol. The number of rotatable bonds is 12. The molecule has 0 saturated heterocycles. The molecule has 3 heteroatoms. The molecule has 0 unspecified atom stereocenters. The van der Waals surface area contributed by atoms with Crippen LogP contribution in [0.3, 0.4) is 0 Å². The van der Waals surface area contributed by atoms with E-state index < -0.39 is 0 Å². The lowest BCUT2D eigenvalue weighted by atomic mass is 10.1. The van der Waals surface area contributed by atoms with E-state index in [0.717, 1.165) is 36.4 Å². The molecule has 0 radical (unpaired) electrons. The van der Waals surface area contributed by atoms with Crippen molar-refractivity contribution in [3.8, 4) is 11.5 Å². The molecule has 168 valence electrons. The van der Waals surface area contributed by atoms with Gasteiger partial charge in [0.25, 0.3) is 0 Å². The molecule has 4 aromatic rings. The Hall–Kier alpha value is -3.72. The molecule has 0 saturated carbocycles. The van der Waals surface area contributed by atoms with Crippen molar-refractivity contribution in [1.29, 1.82) is 0 Å². The molecule has 0 aliphatic carbocycles. The number of anilines is 1. The lowest BCUT2D eigenvalue weighted by Crippen LogP contribution is -2.05. The first-order valence-corrected chi connectivity index (χ1v) is 11.6. The summed E-state index contributed by atoms with van der Waals surface area (Å²) in [6.45, 7) is 2.07. The van der Waals surface area contributed by atoms with E-state index in [2.05, 4.69) is 78.1 Å². The highest BCUT2D eigenvalue weighted by atomic mass is 16.5. The van der Waals surface area contributed by atoms with Gasteiger partial charge in [0.1, 0.15) is 11.5 Å². The van der Waals surface area contributed by atoms with Crippen LogP contribution in [0.15, 0.2) is 109 Å². The normalized spacial score (nSPS) is 10.5. The fourth-order valence-electron chi connectivity index (χ4n) is 3.72. The number of nitrogens with one attached hydrogen (secondary N) is 1. The number of para-hydroxylation sites is 2. The third-order valence-corrected chi connectivity index (χ3v) is 5.48. The number of benzene rings is 4. The Morgan fingerprint density at radius 1 is 0.545 bits per heavy atom. The van der Waals surface area contributed by atoms with Crippen molar-refractivity contribution in [3.63, 3.8) is 0 Å². The van der Waals surface area contributed by atoms with E-state index in [4.69, 9.17) is 9.47 Å². The third kappa shape index (κ3) is 7.43. The summed E-state index contributed by atoms with van der Waals surface area (Å²) in [5.41, 5.74) is 4.81. The smallest absolute Gasteiger partial charge is 0.142 e. The highest BCUT2D eigenvalue weighted by Gasteiger charge is 2.04. The second kappa shape index (κ2) is 12.4. The van der Waals surface area contributed by atoms with Gasteiger partial charge in [-0.2, -0.15) is 0 Å². The molecule has 0 aliphatic heterocycles. The van der Waals surface area contributed by atoms with E-state index in [9.17, 15) is 0 Å². The van der Waals surface area contributed by atoms with Crippen LogP contribution in [0.1, 0.15) is 23.1 Å². The molecule has 3 nitrogen and oxygen atoms in total. The third-order valence-electron chi connectivity index (χ3n) is 5.48. The summed E-state index contributed by atoms with van der Waals surface area (Å²) in [7, 11) is 0. The van der Waals surface area contributed by atoms with Gasteiger partial charge in [0.15, 0.2) is 0 Å². The maximum atomic E-state index is 6.08. The summed E-state index contributed by atoms with van der Waals surface area (Å²) < 4.78 is 12.1. The van der Waals surface area contributed by atoms with Crippen molar-refractivity contribution in [1.82, 2.24) is 0 Å². The molecule has 0 atom stereocenters. The van der Waals surface area contributed by atoms with Gasteiger partial charge in [0.2, 0.25) is 0 Å². The number of aryl methyl sites for hydroxylation is 1. The highest BCUT2D eigenvalue weighted by molar-refractivity contribution is 5.56. The topological polar surface area (TPSA) is 30.5 Å². The average molecular weight is 438 g/mol. The van der Waals surface area contributed by atoms with Gasteiger partial charge in [0, 0.05) is 13.0 Å². The Kier molecular flexibility index (Phi) is 8.41. The largest absolute Gasteiger partial charge is 0.493 e. The lowest BCUT2D eigenvalue weighted by molar-refractivity contribution is 0.312. The van der Waals surface area contributed by atoms with Gasteiger partial charge >= 0.3 is 0 Å². The number of hydrogen-bond donors (Lipinski definition) is 1. The van der Waals surface area contributed by atoms with E-state index >= 15 is 0 Å². The Bertz CT molecular complexity index is 1100. The summed E-state index contributed by atoms with van der Waals surface area (Å²) in [6.07, 6.45) is 2.91. The molecule has 0 aliphatic rings. The van der Waals surface area contributed by atoms with Crippen LogP contribution in [0.2, 0.25) is 0 Å². The first-order valence-electron chi connectivity index (χ1n) is 11.6. The Balaban J connectivity index is 1.25. The molecule has 4 rings (SSSR count). The average Bonchev–Trinajstić information content (AvgIpc) is 2.87. The SMILES string of the molecule is c1ccc(CCCOc2ccccc2NCc2cccc(OCCc3ccccc3)c2)cc1. The van der Waals surface area contributed by atoms with Gasteiger partial charge in [-0.25, -0.2) is 0 Å². The minimum Gasteiger partial charge on any atom is -0.493 e. The number of ether oxygens (including phenoxy) is 2. The van der Waals surface area contributed by atoms with Crippen LogP contribution in [0.4, 0.5) is 5.69 Å². The highest BCUT2D eigenvalue weighted by Crippen LogP contribution is 2.25. The van der Waals surface area contributed by atoms with Gasteiger partial charge in [-0.3, -0.25) is 0 Å². The van der Waals surface area contributed by atoms with Crippen molar-refractivity contribution in [3.05, 3.63) is 126 Å². The fraction of sp³-hybridized carbons (Fsp3) is 0.200. The van der Waals surface area contributed by atoms with Crippen molar-refractivity contribution < 1.29 is 9.47 Å². The summed E-state index contributed by atoms with van der Waals surface area (Å²) in [4.78, 5) is 0. The fourth-order valence-corrected chi connectivity index (χ4v) is 3.72. The van der Waals surface area contributed by atoms with Crippen LogP contribution in [-0.4, -0.2) is 13.2 Å². The summed E-state index contributed by atoms with van der Waals surface area (Å²) in [5.74, 6) is 1.79. The molecule has 33 heavy (non-hydrogen) atoms. The first-order chi connectivity index (χ1) is 16.4. The molecule has 0 bridgehead atoms. The minimum absolute atomic E-state index is 0.667. The van der Waals surface area contributed by atoms with Gasteiger partial charge in [-0.15, -0.1) is 0 Å². The molecule has 0 heterocycles. The van der Waals surface area contributed by atoms with Crippen molar-refractivity contribution in [2.24, 2.45) is 0 Å². The molecule has 0 spiro atoms. The molecule has 1 N–H and O–H groups in total. The van der Waals surface area contributed by atoms with Gasteiger partial charge < -0.3 is 14.8 Å². The van der Waals surface area contributed by atoms with Crippen LogP contribution < -0.4 is 14.8 Å². The zero-order chi connectivity index (χ0) is 22.6. The Morgan fingerprint density at radius 2 is 1.21 bits per heavy atom. The standard InChI is InChI=1S/C30H31NO2/c1-3-11-25(12-4-1)16-10-21-33-30-19-8-7-18-29(30)31-24-27-15-9-17-28(23-27)32-22-20-26-13-5-2-6-14-26/h1-9,11-15,17-19,23,31H,10,16,20-22,24H2. The quantitative estimate of drug-likeness (QED) is 0.244. The van der Waals surface area contributed by atoms with Gasteiger partial charge in [0.05, 0.1) is 18.9 Å². The molecule has 4 aromatic carbocycles. The van der Waals surface area contributed by atoms with Crippen LogP contribution >= 0.6 is 0 Å².